The van der Waals surface area contributed by atoms with Crippen LogP contribution in [0.15, 0.2) is 16.6 Å². The molecule has 2 nitrogen and oxygen atoms in total. The number of Topliss-reactive ketones (excluding diaryl/α,β-unsaturated/α-hetero) is 1. The highest BCUT2D eigenvalue weighted by molar-refractivity contribution is 9.10. The van der Waals surface area contributed by atoms with Crippen molar-refractivity contribution < 1.29 is 13.9 Å². The molecule has 0 amide bonds. The number of ketones is 1. The largest absolute Gasteiger partial charge is 0.377 e. The molecule has 0 aliphatic carbocycles. The molecule has 1 aromatic rings. The molecule has 18 heavy (non-hydrogen) atoms. The average molecular weight is 336 g/mol. The van der Waals surface area contributed by atoms with Gasteiger partial charge in [0.1, 0.15) is 0 Å². The molecule has 0 saturated carbocycles. The summed E-state index contributed by atoms with van der Waals surface area (Å²) in [5.74, 6) is -1.13. The highest BCUT2D eigenvalue weighted by atomic mass is 79.9. The fourth-order valence-corrected chi connectivity index (χ4v) is 2.74. The lowest BCUT2D eigenvalue weighted by molar-refractivity contribution is 0.0686. The van der Waals surface area contributed by atoms with E-state index in [0.29, 0.717) is 17.5 Å². The first kappa shape index (κ1) is 14.0. The van der Waals surface area contributed by atoms with E-state index in [9.17, 15) is 9.18 Å². The summed E-state index contributed by atoms with van der Waals surface area (Å²) in [6, 6.07) is 3.06. The second-order valence-electron chi connectivity index (χ2n) is 4.30. The van der Waals surface area contributed by atoms with Crippen LogP contribution in [0.25, 0.3) is 0 Å². The zero-order valence-corrected chi connectivity index (χ0v) is 12.2. The predicted octanol–water partition coefficient (Wildman–Crippen LogP) is 4.24. The Balaban J connectivity index is 2.32. The third-order valence-electron chi connectivity index (χ3n) is 3.25. The highest BCUT2D eigenvalue weighted by Crippen LogP contribution is 2.32. The number of carbonyl (C=O) groups excluding carboxylic acids is 1. The molecule has 0 N–H and O–H groups in total. The molecular formula is C13H13BrClFO2. The van der Waals surface area contributed by atoms with Crippen LogP contribution >= 0.6 is 27.5 Å². The lowest BCUT2D eigenvalue weighted by Crippen LogP contribution is -2.24. The van der Waals surface area contributed by atoms with Crippen molar-refractivity contribution in [1.29, 1.82) is 0 Å². The normalized spacial score (nSPS) is 23.3. The monoisotopic (exact) mass is 334 g/mol. The van der Waals surface area contributed by atoms with Crippen molar-refractivity contribution in [2.24, 2.45) is 5.92 Å². The van der Waals surface area contributed by atoms with E-state index in [1.54, 1.807) is 6.07 Å². The minimum atomic E-state index is -0.655. The van der Waals surface area contributed by atoms with Crippen LogP contribution in [-0.2, 0) is 4.74 Å². The summed E-state index contributed by atoms with van der Waals surface area (Å²) < 4.78 is 19.9. The van der Waals surface area contributed by atoms with Crippen molar-refractivity contribution in [1.82, 2.24) is 0 Å². The Morgan fingerprint density at radius 2 is 2.33 bits per heavy atom. The Morgan fingerprint density at radius 1 is 1.61 bits per heavy atom. The zero-order valence-electron chi connectivity index (χ0n) is 9.88. The molecule has 1 saturated heterocycles. The number of ether oxygens (including phenoxy) is 1. The standard InChI is InChI=1S/C13H13BrClFO2/c1-2-10-7(5-6-18-10)13(17)8-3-4-9(14)11(15)12(8)16/h3-4,7,10H,2,5-6H2,1H3. The van der Waals surface area contributed by atoms with E-state index < -0.39 is 5.82 Å². The van der Waals surface area contributed by atoms with Crippen LogP contribution in [0.1, 0.15) is 30.1 Å². The fourth-order valence-electron chi connectivity index (χ4n) is 2.27. The molecule has 0 radical (unpaired) electrons. The van der Waals surface area contributed by atoms with Gasteiger partial charge >= 0.3 is 0 Å². The van der Waals surface area contributed by atoms with Gasteiger partial charge in [-0.15, -0.1) is 0 Å². The summed E-state index contributed by atoms with van der Waals surface area (Å²) in [7, 11) is 0. The van der Waals surface area contributed by atoms with Gasteiger partial charge in [-0.05, 0) is 40.9 Å². The Hall–Kier alpha value is -0.450. The molecule has 2 unspecified atom stereocenters. The van der Waals surface area contributed by atoms with Crippen LogP contribution in [-0.4, -0.2) is 18.5 Å². The predicted molar refractivity (Wildman–Crippen MR) is 71.6 cm³/mol. The number of hydrogen-bond donors (Lipinski definition) is 0. The second kappa shape index (κ2) is 5.68. The topological polar surface area (TPSA) is 26.3 Å². The third-order valence-corrected chi connectivity index (χ3v) is 4.51. The summed E-state index contributed by atoms with van der Waals surface area (Å²) in [6.45, 7) is 2.52. The molecule has 1 aliphatic rings. The summed E-state index contributed by atoms with van der Waals surface area (Å²) in [4.78, 5) is 12.3. The van der Waals surface area contributed by atoms with Gasteiger partial charge in [0.15, 0.2) is 11.6 Å². The summed E-state index contributed by atoms with van der Waals surface area (Å²) >= 11 is 8.93. The van der Waals surface area contributed by atoms with Gasteiger partial charge in [-0.2, -0.15) is 0 Å². The van der Waals surface area contributed by atoms with E-state index in [0.717, 1.165) is 6.42 Å². The van der Waals surface area contributed by atoms with E-state index in [1.165, 1.54) is 6.07 Å². The summed E-state index contributed by atoms with van der Waals surface area (Å²) in [5.41, 5.74) is 0.0529. The maximum Gasteiger partial charge on any atom is 0.171 e. The maximum atomic E-state index is 14.0. The highest BCUT2D eigenvalue weighted by Gasteiger charge is 2.34. The minimum absolute atomic E-state index is 0.0483. The van der Waals surface area contributed by atoms with Crippen LogP contribution in [0.3, 0.4) is 0 Å². The molecule has 1 aromatic carbocycles. The van der Waals surface area contributed by atoms with Gasteiger partial charge in [-0.25, -0.2) is 4.39 Å². The lowest BCUT2D eigenvalue weighted by atomic mass is 9.90. The van der Waals surface area contributed by atoms with Gasteiger partial charge in [0.25, 0.3) is 0 Å². The Labute approximate surface area is 119 Å². The van der Waals surface area contributed by atoms with Gasteiger partial charge in [0.2, 0.25) is 0 Å². The second-order valence-corrected chi connectivity index (χ2v) is 5.53. The molecule has 2 atom stereocenters. The van der Waals surface area contributed by atoms with E-state index in [4.69, 9.17) is 16.3 Å². The molecule has 1 heterocycles. The minimum Gasteiger partial charge on any atom is -0.377 e. The Morgan fingerprint density at radius 3 is 3.00 bits per heavy atom. The van der Waals surface area contributed by atoms with Crippen LogP contribution in [0.2, 0.25) is 5.02 Å². The molecule has 0 spiro atoms. The Bertz CT molecular complexity index is 478. The SMILES string of the molecule is CCC1OCCC1C(=O)c1ccc(Br)c(Cl)c1F. The molecule has 5 heteroatoms. The van der Waals surface area contributed by atoms with E-state index in [-0.39, 0.29) is 28.4 Å². The molecule has 0 aromatic heterocycles. The molecule has 1 fully saturated rings. The number of hydrogen-bond acceptors (Lipinski definition) is 2. The number of rotatable bonds is 3. The van der Waals surface area contributed by atoms with Crippen molar-refractivity contribution in [3.8, 4) is 0 Å². The average Bonchev–Trinajstić information content (AvgIpc) is 2.83. The molecule has 1 aliphatic heterocycles. The Kier molecular flexibility index (Phi) is 4.41. The quantitative estimate of drug-likeness (QED) is 0.610. The van der Waals surface area contributed by atoms with Crippen LogP contribution < -0.4 is 0 Å². The zero-order chi connectivity index (χ0) is 13.3. The van der Waals surface area contributed by atoms with Gasteiger partial charge in [-0.3, -0.25) is 4.79 Å². The van der Waals surface area contributed by atoms with Crippen LogP contribution in [0, 0.1) is 11.7 Å². The molecule has 98 valence electrons. The molecule has 0 bridgehead atoms. The number of halogens is 3. The van der Waals surface area contributed by atoms with Crippen molar-refractivity contribution in [2.45, 2.75) is 25.9 Å². The van der Waals surface area contributed by atoms with Crippen LogP contribution in [0.4, 0.5) is 4.39 Å². The van der Waals surface area contributed by atoms with Gasteiger partial charge in [0.05, 0.1) is 22.6 Å². The third kappa shape index (κ3) is 2.46. The van der Waals surface area contributed by atoms with Gasteiger partial charge in [-0.1, -0.05) is 18.5 Å². The van der Waals surface area contributed by atoms with E-state index in [1.807, 2.05) is 6.92 Å². The van der Waals surface area contributed by atoms with Gasteiger partial charge < -0.3 is 4.74 Å². The van der Waals surface area contributed by atoms with Gasteiger partial charge in [0, 0.05) is 11.1 Å². The van der Waals surface area contributed by atoms with Crippen molar-refractivity contribution in [3.63, 3.8) is 0 Å². The smallest absolute Gasteiger partial charge is 0.171 e. The van der Waals surface area contributed by atoms with Crippen LogP contribution in [0.5, 0.6) is 0 Å². The first-order valence-electron chi connectivity index (χ1n) is 5.85. The van der Waals surface area contributed by atoms with E-state index in [2.05, 4.69) is 15.9 Å². The van der Waals surface area contributed by atoms with Crippen molar-refractivity contribution in [3.05, 3.63) is 33.0 Å². The van der Waals surface area contributed by atoms with Crippen molar-refractivity contribution >= 4 is 33.3 Å². The summed E-state index contributed by atoms with van der Waals surface area (Å²) in [6.07, 6.45) is 1.28. The molecular weight excluding hydrogens is 322 g/mol. The van der Waals surface area contributed by atoms with Crippen molar-refractivity contribution in [2.75, 3.05) is 6.61 Å². The fraction of sp³-hybridized carbons (Fsp3) is 0.462. The number of carbonyl (C=O) groups is 1. The molecule has 2 rings (SSSR count). The lowest BCUT2D eigenvalue weighted by Gasteiger charge is -2.16. The first-order valence-corrected chi connectivity index (χ1v) is 7.02. The van der Waals surface area contributed by atoms with E-state index >= 15 is 0 Å². The number of benzene rings is 1. The maximum absolute atomic E-state index is 14.0. The first-order chi connectivity index (χ1) is 8.56. The summed E-state index contributed by atoms with van der Waals surface area (Å²) in [5, 5.41) is -0.0483.